The fraction of sp³-hybridized carbons (Fsp3) is 0.556. The van der Waals surface area contributed by atoms with Crippen LogP contribution in [-0.2, 0) is 9.53 Å². The molecule has 150 valence electrons. The monoisotopic (exact) mass is 427 g/mol. The first kappa shape index (κ1) is 19.7. The smallest absolute Gasteiger partial charge is 0.325 e. The Balaban J connectivity index is 1.65. The minimum absolute atomic E-state index is 0.0356. The van der Waals surface area contributed by atoms with E-state index in [1.165, 1.54) is 6.20 Å². The van der Waals surface area contributed by atoms with Crippen molar-refractivity contribution in [2.75, 3.05) is 6.54 Å². The molecule has 2 aromatic heterocycles. The zero-order valence-electron chi connectivity index (χ0n) is 15.7. The Morgan fingerprint density at radius 3 is 2.79 bits per heavy atom. The molecule has 2 fully saturated rings. The van der Waals surface area contributed by atoms with Gasteiger partial charge in [-0.3, -0.25) is 4.79 Å². The molecule has 2 bridgehead atoms. The van der Waals surface area contributed by atoms with E-state index >= 15 is 0 Å². The average molecular weight is 428 g/mol. The summed E-state index contributed by atoms with van der Waals surface area (Å²) in [5.74, 6) is -0.878. The third kappa shape index (κ3) is 3.54. The zero-order valence-corrected chi connectivity index (χ0v) is 17.2. The predicted octanol–water partition coefficient (Wildman–Crippen LogP) is 3.45. The molecule has 0 amide bonds. The average Bonchev–Trinajstić information content (AvgIpc) is 2.87. The molecule has 2 aliphatic heterocycles. The first-order valence-electron chi connectivity index (χ1n) is 9.07. The summed E-state index contributed by atoms with van der Waals surface area (Å²) >= 11 is 11.8. The van der Waals surface area contributed by atoms with Gasteiger partial charge in [-0.15, -0.1) is 0 Å². The van der Waals surface area contributed by atoms with E-state index in [0.29, 0.717) is 24.0 Å². The van der Waals surface area contributed by atoms with Crippen LogP contribution in [0.3, 0.4) is 0 Å². The van der Waals surface area contributed by atoms with Gasteiger partial charge in [0, 0.05) is 18.1 Å². The lowest BCUT2D eigenvalue weighted by atomic mass is 9.89. The SMILES string of the molecule is CC(C)(C)OC(=O)C1C2CCN1NC(c1nc(Cl)nc3c(F)c(Cl)ncc13)C2. The van der Waals surface area contributed by atoms with E-state index in [1.54, 1.807) is 0 Å². The molecule has 4 heterocycles. The van der Waals surface area contributed by atoms with E-state index in [1.807, 2.05) is 25.8 Å². The maximum Gasteiger partial charge on any atom is 0.325 e. The van der Waals surface area contributed by atoms with Crippen LogP contribution in [0.2, 0.25) is 10.4 Å². The van der Waals surface area contributed by atoms with Gasteiger partial charge < -0.3 is 4.74 Å². The molecule has 0 radical (unpaired) electrons. The lowest BCUT2D eigenvalue weighted by Gasteiger charge is -2.38. The number of aromatic nitrogens is 3. The van der Waals surface area contributed by atoms with E-state index in [9.17, 15) is 9.18 Å². The van der Waals surface area contributed by atoms with Crippen molar-refractivity contribution in [3.63, 3.8) is 0 Å². The van der Waals surface area contributed by atoms with Gasteiger partial charge in [0.1, 0.15) is 17.2 Å². The molecule has 2 saturated heterocycles. The van der Waals surface area contributed by atoms with Crippen molar-refractivity contribution in [3.8, 4) is 0 Å². The second kappa shape index (κ2) is 7.02. The Kier molecular flexibility index (Phi) is 4.94. The van der Waals surface area contributed by atoms with Gasteiger partial charge in [-0.25, -0.2) is 29.8 Å². The van der Waals surface area contributed by atoms with Crippen LogP contribution in [0.4, 0.5) is 4.39 Å². The lowest BCUT2D eigenvalue weighted by Crippen LogP contribution is -2.54. The highest BCUT2D eigenvalue weighted by Gasteiger charge is 2.47. The number of carbonyl (C=O) groups is 1. The number of rotatable bonds is 2. The zero-order chi connectivity index (χ0) is 20.2. The van der Waals surface area contributed by atoms with E-state index in [-0.39, 0.29) is 39.9 Å². The van der Waals surface area contributed by atoms with Crippen LogP contribution in [0.15, 0.2) is 6.20 Å². The molecule has 2 aromatic rings. The number of esters is 1. The number of fused-ring (bicyclic) bond motifs is 3. The first-order valence-corrected chi connectivity index (χ1v) is 9.82. The molecule has 0 aromatic carbocycles. The van der Waals surface area contributed by atoms with Gasteiger partial charge >= 0.3 is 5.97 Å². The molecule has 0 saturated carbocycles. The minimum atomic E-state index is -0.726. The fourth-order valence-corrected chi connectivity index (χ4v) is 4.27. The standard InChI is InChI=1S/C18H20Cl2FN5O2/c1-18(2,3)28-16(27)14-8-4-5-26(14)25-10(6-8)12-9-7-22-15(19)11(21)13(9)24-17(20)23-12/h7-8,10,14,25H,4-6H2,1-3H3. The first-order chi connectivity index (χ1) is 13.1. The molecule has 4 atom stereocenters. The third-order valence-corrected chi connectivity index (χ3v) is 5.44. The summed E-state index contributed by atoms with van der Waals surface area (Å²) < 4.78 is 20.0. The predicted molar refractivity (Wildman–Crippen MR) is 102 cm³/mol. The van der Waals surface area contributed by atoms with Crippen LogP contribution in [0, 0.1) is 11.7 Å². The van der Waals surface area contributed by atoms with E-state index in [2.05, 4.69) is 20.4 Å². The van der Waals surface area contributed by atoms with Crippen molar-refractivity contribution in [1.82, 2.24) is 25.4 Å². The highest BCUT2D eigenvalue weighted by Crippen LogP contribution is 2.40. The molecular formula is C18H20Cl2FN5O2. The van der Waals surface area contributed by atoms with Crippen LogP contribution in [0.25, 0.3) is 10.9 Å². The summed E-state index contributed by atoms with van der Waals surface area (Å²) in [6.07, 6.45) is 2.93. The van der Waals surface area contributed by atoms with Gasteiger partial charge in [-0.1, -0.05) is 11.6 Å². The largest absolute Gasteiger partial charge is 0.459 e. The van der Waals surface area contributed by atoms with E-state index in [0.717, 1.165) is 6.42 Å². The van der Waals surface area contributed by atoms with Gasteiger partial charge in [-0.2, -0.15) is 0 Å². The second-order valence-corrected chi connectivity index (χ2v) is 8.84. The molecule has 4 rings (SSSR count). The summed E-state index contributed by atoms with van der Waals surface area (Å²) in [5.41, 5.74) is 3.36. The molecule has 1 N–H and O–H groups in total. The number of carbonyl (C=O) groups excluding carboxylic acids is 1. The van der Waals surface area contributed by atoms with Gasteiger partial charge in [0.2, 0.25) is 5.28 Å². The molecule has 2 aliphatic rings. The van der Waals surface area contributed by atoms with Crippen molar-refractivity contribution < 1.29 is 13.9 Å². The normalized spacial score (nSPS) is 27.2. The summed E-state index contributed by atoms with van der Waals surface area (Å²) in [5, 5.41) is 2.00. The van der Waals surface area contributed by atoms with Crippen LogP contribution in [0.1, 0.15) is 45.3 Å². The molecule has 10 heteroatoms. The van der Waals surface area contributed by atoms with Gasteiger partial charge in [0.05, 0.1) is 11.7 Å². The molecule has 0 spiro atoms. The highest BCUT2D eigenvalue weighted by atomic mass is 35.5. The van der Waals surface area contributed by atoms with Crippen molar-refractivity contribution in [1.29, 1.82) is 0 Å². The van der Waals surface area contributed by atoms with Crippen LogP contribution in [0.5, 0.6) is 0 Å². The number of pyridine rings is 1. The third-order valence-electron chi connectivity index (χ3n) is 5.01. The summed E-state index contributed by atoms with van der Waals surface area (Å²) in [6, 6.07) is -0.611. The molecule has 4 unspecified atom stereocenters. The number of halogens is 3. The van der Waals surface area contributed by atoms with Gasteiger partial charge in [-0.05, 0) is 51.1 Å². The maximum atomic E-state index is 14.4. The second-order valence-electron chi connectivity index (χ2n) is 8.14. The summed E-state index contributed by atoms with van der Waals surface area (Å²) in [6.45, 7) is 6.26. The van der Waals surface area contributed by atoms with Gasteiger partial charge in [0.25, 0.3) is 0 Å². The van der Waals surface area contributed by atoms with Crippen molar-refractivity contribution in [2.24, 2.45) is 5.92 Å². The topological polar surface area (TPSA) is 80.2 Å². The van der Waals surface area contributed by atoms with E-state index < -0.39 is 11.4 Å². The lowest BCUT2D eigenvalue weighted by molar-refractivity contribution is -0.165. The quantitative estimate of drug-likeness (QED) is 0.446. The number of hydrogen-bond acceptors (Lipinski definition) is 7. The minimum Gasteiger partial charge on any atom is -0.459 e. The Labute approximate surface area is 171 Å². The van der Waals surface area contributed by atoms with Crippen molar-refractivity contribution in [2.45, 2.75) is 51.3 Å². The number of ether oxygens (including phenoxy) is 1. The fourth-order valence-electron chi connectivity index (χ4n) is 3.95. The van der Waals surface area contributed by atoms with Crippen molar-refractivity contribution >= 4 is 40.1 Å². The van der Waals surface area contributed by atoms with Crippen LogP contribution in [-0.4, -0.2) is 44.1 Å². The molecule has 28 heavy (non-hydrogen) atoms. The van der Waals surface area contributed by atoms with Crippen molar-refractivity contribution in [3.05, 3.63) is 28.1 Å². The van der Waals surface area contributed by atoms with Gasteiger partial charge in [0.15, 0.2) is 11.0 Å². The molecular weight excluding hydrogens is 408 g/mol. The number of hydrogen-bond donors (Lipinski definition) is 1. The number of hydrazine groups is 1. The molecule has 0 aliphatic carbocycles. The van der Waals surface area contributed by atoms with Crippen LogP contribution >= 0.6 is 23.2 Å². The Morgan fingerprint density at radius 1 is 1.36 bits per heavy atom. The maximum absolute atomic E-state index is 14.4. The number of nitrogens with one attached hydrogen (secondary N) is 1. The summed E-state index contributed by atoms with van der Waals surface area (Å²) in [4.78, 5) is 24.8. The Hall–Kier alpha value is -1.61. The molecule has 7 nitrogen and oxygen atoms in total. The highest BCUT2D eigenvalue weighted by molar-refractivity contribution is 6.30. The Morgan fingerprint density at radius 2 is 2.11 bits per heavy atom. The van der Waals surface area contributed by atoms with Crippen LogP contribution < -0.4 is 5.43 Å². The van der Waals surface area contributed by atoms with E-state index in [4.69, 9.17) is 27.9 Å². The number of nitrogens with zero attached hydrogens (tertiary/aromatic N) is 4. The summed E-state index contributed by atoms with van der Waals surface area (Å²) in [7, 11) is 0. The Bertz CT molecular complexity index is 938.